The summed E-state index contributed by atoms with van der Waals surface area (Å²) in [5, 5.41) is 2.18. The summed E-state index contributed by atoms with van der Waals surface area (Å²) in [5.41, 5.74) is 1.30. The van der Waals surface area contributed by atoms with Crippen molar-refractivity contribution in [3.63, 3.8) is 0 Å². The highest BCUT2D eigenvalue weighted by Crippen LogP contribution is 2.33. The largest absolute Gasteiger partial charge is 0.497 e. The molecule has 3 rings (SSSR count). The normalized spacial score (nSPS) is 14.6. The number of thioether (sulfide) groups is 1. The topological polar surface area (TPSA) is 84.9 Å². The zero-order valence-electron chi connectivity index (χ0n) is 16.6. The second-order valence-corrected chi connectivity index (χ2v) is 8.49. The van der Waals surface area contributed by atoms with Gasteiger partial charge in [-0.1, -0.05) is 18.7 Å². The lowest BCUT2D eigenvalue weighted by Gasteiger charge is -2.12. The molecule has 2 aromatic carbocycles. The molecule has 0 bridgehead atoms. The van der Waals surface area contributed by atoms with E-state index in [2.05, 4.69) is 34.5 Å². The first-order valence-corrected chi connectivity index (χ1v) is 11.0. The summed E-state index contributed by atoms with van der Waals surface area (Å²) in [7, 11) is 1.55. The Balaban J connectivity index is 1.66. The fourth-order valence-electron chi connectivity index (χ4n) is 2.68. The van der Waals surface area contributed by atoms with Gasteiger partial charge in [-0.05, 0) is 82.4 Å². The van der Waals surface area contributed by atoms with Crippen molar-refractivity contribution in [2.75, 3.05) is 25.6 Å². The quantitative estimate of drug-likeness (QED) is 0.295. The molecule has 0 aliphatic carbocycles. The van der Waals surface area contributed by atoms with Gasteiger partial charge in [0.05, 0.1) is 15.6 Å². The molecule has 1 aliphatic rings. The van der Waals surface area contributed by atoms with Gasteiger partial charge in [0.25, 0.3) is 11.1 Å². The van der Waals surface area contributed by atoms with Crippen LogP contribution in [0, 0.1) is 3.57 Å². The molecule has 0 spiro atoms. The first-order valence-electron chi connectivity index (χ1n) is 9.14. The molecule has 0 aromatic heterocycles. The predicted molar refractivity (Wildman–Crippen MR) is 129 cm³/mol. The summed E-state index contributed by atoms with van der Waals surface area (Å²) in [6.07, 6.45) is 3.29. The van der Waals surface area contributed by atoms with E-state index in [4.69, 9.17) is 9.47 Å². The lowest BCUT2D eigenvalue weighted by Crippen LogP contribution is -2.36. The number of rotatable bonds is 8. The van der Waals surface area contributed by atoms with Crippen molar-refractivity contribution in [1.29, 1.82) is 0 Å². The molecule has 160 valence electrons. The van der Waals surface area contributed by atoms with Gasteiger partial charge in [0, 0.05) is 5.69 Å². The van der Waals surface area contributed by atoms with E-state index < -0.39 is 17.1 Å². The molecule has 31 heavy (non-hydrogen) atoms. The molecule has 9 heteroatoms. The van der Waals surface area contributed by atoms with E-state index >= 15 is 0 Å². The standard InChI is InChI=1S/C22H19IN2O5S/c1-3-10-30-18-9-4-14(11-17(18)23)12-19-21(27)25(22(28)31-19)13-20(26)24-15-5-7-16(29-2)8-6-15/h3-9,11-12H,1,10,13H2,2H3,(H,24,26)/b19-12+. The maximum absolute atomic E-state index is 12.7. The van der Waals surface area contributed by atoms with Crippen LogP contribution in [-0.4, -0.2) is 42.2 Å². The van der Waals surface area contributed by atoms with E-state index in [1.54, 1.807) is 55.7 Å². The van der Waals surface area contributed by atoms with Crippen LogP contribution >= 0.6 is 34.4 Å². The average molecular weight is 550 g/mol. The summed E-state index contributed by atoms with van der Waals surface area (Å²) in [5.74, 6) is 0.402. The minimum atomic E-state index is -0.498. The third-order valence-electron chi connectivity index (χ3n) is 4.16. The van der Waals surface area contributed by atoms with E-state index in [-0.39, 0.29) is 11.4 Å². The molecule has 0 saturated carbocycles. The van der Waals surface area contributed by atoms with Gasteiger partial charge >= 0.3 is 0 Å². The molecular weight excluding hydrogens is 531 g/mol. The van der Waals surface area contributed by atoms with Gasteiger partial charge in [-0.3, -0.25) is 19.3 Å². The van der Waals surface area contributed by atoms with Crippen LogP contribution < -0.4 is 14.8 Å². The molecule has 1 saturated heterocycles. The van der Waals surface area contributed by atoms with Crippen molar-refractivity contribution in [1.82, 2.24) is 4.90 Å². The van der Waals surface area contributed by atoms with Crippen LogP contribution in [0.25, 0.3) is 6.08 Å². The van der Waals surface area contributed by atoms with E-state index in [9.17, 15) is 14.4 Å². The van der Waals surface area contributed by atoms with E-state index in [0.29, 0.717) is 23.8 Å². The first kappa shape index (κ1) is 22.9. The number of imide groups is 1. The maximum atomic E-state index is 12.7. The van der Waals surface area contributed by atoms with Crippen LogP contribution in [0.2, 0.25) is 0 Å². The molecule has 1 N–H and O–H groups in total. The van der Waals surface area contributed by atoms with Crippen LogP contribution in [0.1, 0.15) is 5.56 Å². The van der Waals surface area contributed by atoms with Crippen LogP contribution in [0.5, 0.6) is 11.5 Å². The van der Waals surface area contributed by atoms with Gasteiger partial charge in [0.1, 0.15) is 24.7 Å². The van der Waals surface area contributed by atoms with Crippen LogP contribution in [0.3, 0.4) is 0 Å². The Hall–Kier alpha value is -2.79. The van der Waals surface area contributed by atoms with Crippen LogP contribution in [0.4, 0.5) is 10.5 Å². The number of halogens is 1. The first-order chi connectivity index (χ1) is 14.9. The fraction of sp³-hybridized carbons (Fsp3) is 0.136. The zero-order valence-corrected chi connectivity index (χ0v) is 19.6. The van der Waals surface area contributed by atoms with Crippen molar-refractivity contribution in [3.05, 3.63) is 69.2 Å². The highest BCUT2D eigenvalue weighted by molar-refractivity contribution is 14.1. The monoisotopic (exact) mass is 550 g/mol. The number of amides is 3. The molecular formula is C22H19IN2O5S. The number of nitrogens with zero attached hydrogens (tertiary/aromatic N) is 1. The lowest BCUT2D eigenvalue weighted by molar-refractivity contribution is -0.127. The number of methoxy groups -OCH3 is 1. The highest BCUT2D eigenvalue weighted by Gasteiger charge is 2.36. The Morgan fingerprint density at radius 2 is 1.97 bits per heavy atom. The summed E-state index contributed by atoms with van der Waals surface area (Å²) in [6.45, 7) is 3.65. The lowest BCUT2D eigenvalue weighted by atomic mass is 10.2. The van der Waals surface area contributed by atoms with Gasteiger partial charge in [0.15, 0.2) is 0 Å². The van der Waals surface area contributed by atoms with Crippen molar-refractivity contribution in [2.24, 2.45) is 0 Å². The molecule has 3 amide bonds. The maximum Gasteiger partial charge on any atom is 0.294 e. The van der Waals surface area contributed by atoms with E-state index in [1.807, 2.05) is 6.07 Å². The van der Waals surface area contributed by atoms with Crippen molar-refractivity contribution in [2.45, 2.75) is 0 Å². The van der Waals surface area contributed by atoms with Crippen LogP contribution in [0.15, 0.2) is 60.0 Å². The van der Waals surface area contributed by atoms with E-state index in [1.165, 1.54) is 0 Å². The predicted octanol–water partition coefficient (Wildman–Crippen LogP) is 4.54. The summed E-state index contributed by atoms with van der Waals surface area (Å²) < 4.78 is 11.5. The second kappa shape index (κ2) is 10.5. The van der Waals surface area contributed by atoms with Crippen LogP contribution in [-0.2, 0) is 9.59 Å². The van der Waals surface area contributed by atoms with Gasteiger partial charge < -0.3 is 14.8 Å². The summed E-state index contributed by atoms with van der Waals surface area (Å²) >= 11 is 2.95. The molecule has 0 unspecified atom stereocenters. The molecule has 7 nitrogen and oxygen atoms in total. The number of carbonyl (C=O) groups is 3. The van der Waals surface area contributed by atoms with Crippen molar-refractivity contribution >= 4 is 63.2 Å². The van der Waals surface area contributed by atoms with Gasteiger partial charge in [0.2, 0.25) is 5.91 Å². The number of hydrogen-bond donors (Lipinski definition) is 1. The summed E-state index contributed by atoms with van der Waals surface area (Å²) in [6, 6.07) is 12.2. The Morgan fingerprint density at radius 1 is 1.23 bits per heavy atom. The Morgan fingerprint density at radius 3 is 2.61 bits per heavy atom. The molecule has 0 atom stereocenters. The van der Waals surface area contributed by atoms with Gasteiger partial charge in [-0.25, -0.2) is 0 Å². The van der Waals surface area contributed by atoms with Crippen molar-refractivity contribution in [3.8, 4) is 11.5 Å². The Kier molecular flexibility index (Phi) is 7.75. The zero-order chi connectivity index (χ0) is 22.4. The minimum Gasteiger partial charge on any atom is -0.497 e. The van der Waals surface area contributed by atoms with Gasteiger partial charge in [-0.15, -0.1) is 0 Å². The Bertz CT molecular complexity index is 1050. The SMILES string of the molecule is C=CCOc1ccc(/C=C2/SC(=O)N(CC(=O)Nc3ccc(OC)cc3)C2=O)cc1I. The molecule has 1 heterocycles. The molecule has 2 aromatic rings. The number of carbonyl (C=O) groups excluding carboxylic acids is 3. The molecule has 1 fully saturated rings. The smallest absolute Gasteiger partial charge is 0.294 e. The third kappa shape index (κ3) is 5.88. The molecule has 1 aliphatic heterocycles. The summed E-state index contributed by atoms with van der Waals surface area (Å²) in [4.78, 5) is 38.5. The minimum absolute atomic E-state index is 0.262. The average Bonchev–Trinajstić information content (AvgIpc) is 3.01. The number of nitrogens with one attached hydrogen (secondary N) is 1. The number of anilines is 1. The Labute approximate surface area is 197 Å². The van der Waals surface area contributed by atoms with Crippen molar-refractivity contribution < 1.29 is 23.9 Å². The third-order valence-corrected chi connectivity index (χ3v) is 5.91. The number of ether oxygens (including phenoxy) is 2. The van der Waals surface area contributed by atoms with Gasteiger partial charge in [-0.2, -0.15) is 0 Å². The second-order valence-electron chi connectivity index (χ2n) is 6.33. The number of benzene rings is 2. The highest BCUT2D eigenvalue weighted by atomic mass is 127. The van der Waals surface area contributed by atoms with E-state index in [0.717, 1.165) is 25.8 Å². The molecule has 0 radical (unpaired) electrons. The fourth-order valence-corrected chi connectivity index (χ4v) is 4.21. The number of hydrogen-bond acceptors (Lipinski definition) is 6.